The van der Waals surface area contributed by atoms with Gasteiger partial charge in [-0.25, -0.2) is 4.39 Å². The predicted octanol–water partition coefficient (Wildman–Crippen LogP) is 3.15. The fourth-order valence-corrected chi connectivity index (χ4v) is 2.78. The van der Waals surface area contributed by atoms with Crippen molar-refractivity contribution >= 4 is 5.91 Å². The second kappa shape index (κ2) is 7.94. The molecular formula is C20H21FN2O2. The Labute approximate surface area is 146 Å². The van der Waals surface area contributed by atoms with Crippen molar-refractivity contribution in [2.75, 3.05) is 26.7 Å². The smallest absolute Gasteiger partial charge is 0.254 e. The number of hydrogen-bond acceptors (Lipinski definition) is 3. The molecule has 0 saturated carbocycles. The molecule has 130 valence electrons. The van der Waals surface area contributed by atoms with Gasteiger partial charge in [-0.15, -0.1) is 0 Å². The molecule has 5 heteroatoms. The minimum Gasteiger partial charge on any atom is -0.497 e. The van der Waals surface area contributed by atoms with Crippen molar-refractivity contribution in [1.29, 1.82) is 0 Å². The molecule has 0 aliphatic carbocycles. The SMILES string of the molecule is COc1ccc(-c2ccc(C(=O)NCC3=CCNCC3)c(F)c2)cc1. The number of amides is 1. The molecule has 3 rings (SSSR count). The summed E-state index contributed by atoms with van der Waals surface area (Å²) >= 11 is 0. The van der Waals surface area contributed by atoms with Gasteiger partial charge in [-0.1, -0.05) is 29.8 Å². The van der Waals surface area contributed by atoms with E-state index in [1.54, 1.807) is 13.2 Å². The molecule has 0 saturated heterocycles. The third-order valence-corrected chi connectivity index (χ3v) is 4.27. The van der Waals surface area contributed by atoms with Crippen molar-refractivity contribution in [2.24, 2.45) is 0 Å². The average Bonchev–Trinajstić information content (AvgIpc) is 2.67. The van der Waals surface area contributed by atoms with Crippen LogP contribution in [-0.4, -0.2) is 32.7 Å². The summed E-state index contributed by atoms with van der Waals surface area (Å²) in [7, 11) is 1.60. The fourth-order valence-electron chi connectivity index (χ4n) is 2.78. The largest absolute Gasteiger partial charge is 0.497 e. The first kappa shape index (κ1) is 17.2. The molecular weight excluding hydrogens is 319 g/mol. The summed E-state index contributed by atoms with van der Waals surface area (Å²) in [6.45, 7) is 2.18. The standard InChI is InChI=1S/C20H21FN2O2/c1-25-17-5-2-15(3-6-17)16-4-7-18(19(21)12-16)20(24)23-13-14-8-10-22-11-9-14/h2-8,12,22H,9-11,13H2,1H3,(H,23,24). The lowest BCUT2D eigenvalue weighted by atomic mass is 10.0. The van der Waals surface area contributed by atoms with Gasteiger partial charge in [0.2, 0.25) is 0 Å². The highest BCUT2D eigenvalue weighted by atomic mass is 19.1. The maximum Gasteiger partial charge on any atom is 0.254 e. The van der Waals surface area contributed by atoms with Crippen LogP contribution in [0.3, 0.4) is 0 Å². The number of hydrogen-bond donors (Lipinski definition) is 2. The lowest BCUT2D eigenvalue weighted by molar-refractivity contribution is 0.0952. The maximum atomic E-state index is 14.4. The van der Waals surface area contributed by atoms with Crippen molar-refractivity contribution in [3.05, 3.63) is 65.5 Å². The number of ether oxygens (including phenoxy) is 1. The third kappa shape index (κ3) is 4.25. The first-order valence-electron chi connectivity index (χ1n) is 8.28. The second-order valence-corrected chi connectivity index (χ2v) is 5.92. The number of rotatable bonds is 5. The van der Waals surface area contributed by atoms with Gasteiger partial charge >= 0.3 is 0 Å². The van der Waals surface area contributed by atoms with E-state index in [4.69, 9.17) is 4.74 Å². The number of benzene rings is 2. The van der Waals surface area contributed by atoms with Crippen molar-refractivity contribution in [1.82, 2.24) is 10.6 Å². The van der Waals surface area contributed by atoms with Crippen LogP contribution in [0.1, 0.15) is 16.8 Å². The van der Waals surface area contributed by atoms with Crippen LogP contribution in [0.4, 0.5) is 4.39 Å². The van der Waals surface area contributed by atoms with Crippen LogP contribution in [0, 0.1) is 5.82 Å². The number of nitrogens with one attached hydrogen (secondary N) is 2. The van der Waals surface area contributed by atoms with E-state index in [1.807, 2.05) is 24.3 Å². The number of carbonyl (C=O) groups is 1. The Balaban J connectivity index is 1.70. The minimum atomic E-state index is -0.523. The van der Waals surface area contributed by atoms with Gasteiger partial charge in [-0.3, -0.25) is 4.79 Å². The van der Waals surface area contributed by atoms with Gasteiger partial charge in [0.05, 0.1) is 12.7 Å². The highest BCUT2D eigenvalue weighted by molar-refractivity contribution is 5.95. The Morgan fingerprint density at radius 1 is 1.20 bits per heavy atom. The Morgan fingerprint density at radius 2 is 1.96 bits per heavy atom. The zero-order chi connectivity index (χ0) is 17.6. The molecule has 2 aromatic rings. The van der Waals surface area contributed by atoms with E-state index in [0.717, 1.165) is 36.4 Å². The normalized spacial score (nSPS) is 13.9. The topological polar surface area (TPSA) is 50.4 Å². The lowest BCUT2D eigenvalue weighted by Gasteiger charge is -2.15. The summed E-state index contributed by atoms with van der Waals surface area (Å²) in [5, 5.41) is 6.01. The van der Waals surface area contributed by atoms with Crippen LogP contribution in [-0.2, 0) is 0 Å². The average molecular weight is 340 g/mol. The van der Waals surface area contributed by atoms with Crippen molar-refractivity contribution in [2.45, 2.75) is 6.42 Å². The molecule has 0 bridgehead atoms. The van der Waals surface area contributed by atoms with E-state index in [2.05, 4.69) is 16.7 Å². The molecule has 2 aromatic carbocycles. The van der Waals surface area contributed by atoms with E-state index in [1.165, 1.54) is 17.7 Å². The van der Waals surface area contributed by atoms with Gasteiger partial charge < -0.3 is 15.4 Å². The molecule has 1 heterocycles. The first-order chi connectivity index (χ1) is 12.2. The third-order valence-electron chi connectivity index (χ3n) is 4.27. The van der Waals surface area contributed by atoms with E-state index in [-0.39, 0.29) is 5.56 Å². The van der Waals surface area contributed by atoms with Crippen LogP contribution < -0.4 is 15.4 Å². The number of halogens is 1. The predicted molar refractivity (Wildman–Crippen MR) is 96.3 cm³/mol. The van der Waals surface area contributed by atoms with E-state index in [0.29, 0.717) is 6.54 Å². The van der Waals surface area contributed by atoms with Gasteiger partial charge in [0.15, 0.2) is 0 Å². The molecule has 0 fully saturated rings. The minimum absolute atomic E-state index is 0.0618. The van der Waals surface area contributed by atoms with Crippen LogP contribution in [0.15, 0.2) is 54.1 Å². The Morgan fingerprint density at radius 3 is 2.60 bits per heavy atom. The maximum absolute atomic E-state index is 14.4. The summed E-state index contributed by atoms with van der Waals surface area (Å²) in [5.41, 5.74) is 2.82. The number of carbonyl (C=O) groups excluding carboxylic acids is 1. The second-order valence-electron chi connectivity index (χ2n) is 5.92. The Bertz CT molecular complexity index is 785. The van der Waals surface area contributed by atoms with Crippen LogP contribution in [0.5, 0.6) is 5.75 Å². The molecule has 1 aliphatic heterocycles. The molecule has 1 amide bonds. The van der Waals surface area contributed by atoms with Crippen LogP contribution in [0.2, 0.25) is 0 Å². The number of methoxy groups -OCH3 is 1. The van der Waals surface area contributed by atoms with Crippen molar-refractivity contribution in [3.8, 4) is 16.9 Å². The monoisotopic (exact) mass is 340 g/mol. The summed E-state index contributed by atoms with van der Waals surface area (Å²) in [6, 6.07) is 12.0. The van der Waals surface area contributed by atoms with E-state index in [9.17, 15) is 9.18 Å². The molecule has 0 atom stereocenters. The molecule has 0 unspecified atom stereocenters. The molecule has 0 aromatic heterocycles. The van der Waals surface area contributed by atoms with Gasteiger partial charge in [-0.05, 0) is 48.4 Å². The van der Waals surface area contributed by atoms with Crippen LogP contribution >= 0.6 is 0 Å². The van der Waals surface area contributed by atoms with Gasteiger partial charge in [-0.2, -0.15) is 0 Å². The van der Waals surface area contributed by atoms with Crippen molar-refractivity contribution in [3.63, 3.8) is 0 Å². The molecule has 1 aliphatic rings. The summed E-state index contributed by atoms with van der Waals surface area (Å²) in [6.07, 6.45) is 2.96. The fraction of sp³-hybridized carbons (Fsp3) is 0.250. The zero-order valence-corrected chi connectivity index (χ0v) is 14.1. The van der Waals surface area contributed by atoms with Gasteiger partial charge in [0.1, 0.15) is 11.6 Å². The zero-order valence-electron chi connectivity index (χ0n) is 14.1. The van der Waals surface area contributed by atoms with Gasteiger partial charge in [0, 0.05) is 13.1 Å². The van der Waals surface area contributed by atoms with Crippen LogP contribution in [0.25, 0.3) is 11.1 Å². The Kier molecular flexibility index (Phi) is 5.46. The highest BCUT2D eigenvalue weighted by Crippen LogP contribution is 2.24. The van der Waals surface area contributed by atoms with Gasteiger partial charge in [0.25, 0.3) is 5.91 Å². The van der Waals surface area contributed by atoms with E-state index < -0.39 is 11.7 Å². The quantitative estimate of drug-likeness (QED) is 0.822. The molecule has 25 heavy (non-hydrogen) atoms. The van der Waals surface area contributed by atoms with Crippen molar-refractivity contribution < 1.29 is 13.9 Å². The summed E-state index contributed by atoms with van der Waals surface area (Å²) in [5.74, 6) is -0.171. The molecule has 0 radical (unpaired) electrons. The lowest BCUT2D eigenvalue weighted by Crippen LogP contribution is -2.30. The summed E-state index contributed by atoms with van der Waals surface area (Å²) in [4.78, 5) is 12.2. The Hall–Kier alpha value is -2.66. The molecule has 4 nitrogen and oxygen atoms in total. The molecule has 2 N–H and O–H groups in total. The van der Waals surface area contributed by atoms with E-state index >= 15 is 0 Å². The summed E-state index contributed by atoms with van der Waals surface area (Å²) < 4.78 is 19.5. The highest BCUT2D eigenvalue weighted by Gasteiger charge is 2.13. The molecule has 0 spiro atoms. The first-order valence-corrected chi connectivity index (χ1v) is 8.28.